The number of hydrogen-bond acceptors (Lipinski definition) is 5. The van der Waals surface area contributed by atoms with Crippen molar-refractivity contribution in [2.75, 3.05) is 30.5 Å². The Balaban J connectivity index is 1.54. The zero-order valence-corrected chi connectivity index (χ0v) is 16.5. The number of benzene rings is 2. The average molecular weight is 396 g/mol. The fourth-order valence-electron chi connectivity index (χ4n) is 3.32. The van der Waals surface area contributed by atoms with Gasteiger partial charge in [-0.05, 0) is 30.2 Å². The molecule has 1 aliphatic rings. The molecule has 1 saturated heterocycles. The fraction of sp³-hybridized carbons (Fsp3) is 0.318. The van der Waals surface area contributed by atoms with Gasteiger partial charge in [0.25, 0.3) is 5.91 Å². The first-order chi connectivity index (χ1) is 14.0. The lowest BCUT2D eigenvalue weighted by Crippen LogP contribution is -2.28. The summed E-state index contributed by atoms with van der Waals surface area (Å²) in [6.45, 7) is 1.87. The van der Waals surface area contributed by atoms with Gasteiger partial charge in [-0.3, -0.25) is 14.4 Å². The minimum absolute atomic E-state index is 0.0778. The molecule has 3 rings (SSSR count). The van der Waals surface area contributed by atoms with Gasteiger partial charge in [0.1, 0.15) is 5.75 Å². The third-order valence-corrected chi connectivity index (χ3v) is 4.82. The second-order valence-electron chi connectivity index (χ2n) is 6.78. The lowest BCUT2D eigenvalue weighted by atomic mass is 10.1. The molecule has 152 valence electrons. The van der Waals surface area contributed by atoms with E-state index in [0.29, 0.717) is 11.4 Å². The van der Waals surface area contributed by atoms with E-state index in [1.165, 1.54) is 7.11 Å². The van der Waals surface area contributed by atoms with Crippen LogP contribution < -0.4 is 15.0 Å². The van der Waals surface area contributed by atoms with E-state index >= 15 is 0 Å². The first-order valence-electron chi connectivity index (χ1n) is 9.50. The van der Waals surface area contributed by atoms with Gasteiger partial charge in [0.15, 0.2) is 6.61 Å². The highest BCUT2D eigenvalue weighted by Crippen LogP contribution is 2.29. The van der Waals surface area contributed by atoms with E-state index in [4.69, 9.17) is 9.47 Å². The van der Waals surface area contributed by atoms with Gasteiger partial charge < -0.3 is 19.7 Å². The third kappa shape index (κ3) is 4.93. The Bertz CT molecular complexity index is 912. The molecule has 1 atom stereocenters. The third-order valence-electron chi connectivity index (χ3n) is 4.82. The van der Waals surface area contributed by atoms with E-state index in [9.17, 15) is 14.4 Å². The van der Waals surface area contributed by atoms with Gasteiger partial charge in [-0.15, -0.1) is 0 Å². The number of esters is 1. The van der Waals surface area contributed by atoms with Gasteiger partial charge in [-0.1, -0.05) is 31.2 Å². The van der Waals surface area contributed by atoms with Crippen LogP contribution in [0.4, 0.5) is 11.4 Å². The molecular formula is C22H24N2O5. The molecule has 0 unspecified atom stereocenters. The summed E-state index contributed by atoms with van der Waals surface area (Å²) in [5.41, 5.74) is 2.42. The minimum atomic E-state index is -0.586. The molecule has 7 nitrogen and oxygen atoms in total. The Kier molecular flexibility index (Phi) is 6.49. The van der Waals surface area contributed by atoms with Crippen LogP contribution >= 0.6 is 0 Å². The number of nitrogens with zero attached hydrogens (tertiary/aromatic N) is 1. The van der Waals surface area contributed by atoms with Crippen LogP contribution in [0, 0.1) is 5.92 Å². The van der Waals surface area contributed by atoms with Crippen molar-refractivity contribution in [2.24, 2.45) is 5.92 Å². The average Bonchev–Trinajstić information content (AvgIpc) is 3.13. The fourth-order valence-corrected chi connectivity index (χ4v) is 3.32. The second kappa shape index (κ2) is 9.23. The molecule has 0 bridgehead atoms. The minimum Gasteiger partial charge on any atom is -0.497 e. The van der Waals surface area contributed by atoms with E-state index in [1.807, 2.05) is 31.2 Å². The van der Waals surface area contributed by atoms with Gasteiger partial charge in [0, 0.05) is 30.4 Å². The summed E-state index contributed by atoms with van der Waals surface area (Å²) in [6, 6.07) is 14.5. The number of carbonyl (C=O) groups is 3. The zero-order valence-electron chi connectivity index (χ0n) is 16.5. The molecule has 0 spiro atoms. The molecule has 0 radical (unpaired) electrons. The molecule has 29 heavy (non-hydrogen) atoms. The first kappa shape index (κ1) is 20.4. The van der Waals surface area contributed by atoms with Gasteiger partial charge in [0.05, 0.1) is 13.0 Å². The largest absolute Gasteiger partial charge is 0.497 e. The van der Waals surface area contributed by atoms with Gasteiger partial charge >= 0.3 is 5.97 Å². The van der Waals surface area contributed by atoms with E-state index in [0.717, 1.165) is 17.7 Å². The van der Waals surface area contributed by atoms with Crippen LogP contribution in [0.15, 0.2) is 48.5 Å². The summed E-state index contributed by atoms with van der Waals surface area (Å²) < 4.78 is 10.2. The van der Waals surface area contributed by atoms with Crippen LogP contribution in [0.25, 0.3) is 0 Å². The molecule has 0 aliphatic carbocycles. The molecule has 1 N–H and O–H groups in total. The number of para-hydroxylation sites is 1. The number of carbonyl (C=O) groups excluding carboxylic acids is 3. The number of anilines is 2. The maximum absolute atomic E-state index is 12.4. The van der Waals surface area contributed by atoms with E-state index in [1.54, 1.807) is 29.2 Å². The van der Waals surface area contributed by atoms with Crippen LogP contribution in [-0.2, 0) is 25.5 Å². The van der Waals surface area contributed by atoms with Crippen LogP contribution in [0.1, 0.15) is 18.9 Å². The number of rotatable bonds is 7. The Labute approximate surface area is 169 Å². The van der Waals surface area contributed by atoms with Crippen molar-refractivity contribution in [3.05, 3.63) is 54.1 Å². The molecule has 7 heteroatoms. The lowest BCUT2D eigenvalue weighted by molar-refractivity contribution is -0.151. The molecule has 1 fully saturated rings. The van der Waals surface area contributed by atoms with Gasteiger partial charge in [-0.25, -0.2) is 0 Å². The van der Waals surface area contributed by atoms with Crippen molar-refractivity contribution in [1.82, 2.24) is 0 Å². The second-order valence-corrected chi connectivity index (χ2v) is 6.78. The SMILES string of the molecule is CCc1ccccc1N1C[C@H](C(=O)OCC(=O)Nc2cccc(OC)c2)CC1=O. The lowest BCUT2D eigenvalue weighted by Gasteiger charge is -2.19. The summed E-state index contributed by atoms with van der Waals surface area (Å²) in [5, 5.41) is 2.65. The monoisotopic (exact) mass is 396 g/mol. The summed E-state index contributed by atoms with van der Waals surface area (Å²) >= 11 is 0. The standard InChI is InChI=1S/C22H24N2O5/c1-3-15-7-4-5-10-19(15)24-13-16(11-21(24)26)22(27)29-14-20(25)23-17-8-6-9-18(12-17)28-2/h4-10,12,16H,3,11,13-14H2,1-2H3,(H,23,25)/t16-/m1/s1. The maximum Gasteiger partial charge on any atom is 0.311 e. The van der Waals surface area contributed by atoms with Crippen LogP contribution in [0.3, 0.4) is 0 Å². The number of hydrogen-bond donors (Lipinski definition) is 1. The van der Waals surface area contributed by atoms with Crippen molar-refractivity contribution < 1.29 is 23.9 Å². The quantitative estimate of drug-likeness (QED) is 0.728. The normalized spacial score (nSPS) is 15.9. The van der Waals surface area contributed by atoms with Crippen molar-refractivity contribution in [2.45, 2.75) is 19.8 Å². The molecule has 2 aromatic rings. The molecule has 1 aliphatic heterocycles. The smallest absolute Gasteiger partial charge is 0.311 e. The summed E-state index contributed by atoms with van der Waals surface area (Å²) in [5.74, 6) is -1.10. The molecule has 1 heterocycles. The molecule has 0 aromatic heterocycles. The molecule has 2 amide bonds. The van der Waals surface area contributed by atoms with Crippen LogP contribution in [0.2, 0.25) is 0 Å². The highest BCUT2D eigenvalue weighted by molar-refractivity contribution is 6.00. The predicted octanol–water partition coefficient (Wildman–Crippen LogP) is 2.79. The maximum atomic E-state index is 12.4. The Morgan fingerprint density at radius 2 is 1.97 bits per heavy atom. The summed E-state index contributed by atoms with van der Waals surface area (Å²) in [4.78, 5) is 38.5. The number of ether oxygens (including phenoxy) is 2. The highest BCUT2D eigenvalue weighted by atomic mass is 16.5. The van der Waals surface area contributed by atoms with E-state index in [2.05, 4.69) is 5.32 Å². The number of nitrogens with one attached hydrogen (secondary N) is 1. The van der Waals surface area contributed by atoms with Gasteiger partial charge in [0.2, 0.25) is 5.91 Å². The van der Waals surface area contributed by atoms with E-state index in [-0.39, 0.29) is 18.9 Å². The Morgan fingerprint density at radius 1 is 1.17 bits per heavy atom. The van der Waals surface area contributed by atoms with E-state index < -0.39 is 24.4 Å². The Hall–Kier alpha value is -3.35. The van der Waals surface area contributed by atoms with Crippen molar-refractivity contribution in [3.63, 3.8) is 0 Å². The number of amides is 2. The summed E-state index contributed by atoms with van der Waals surface area (Å²) in [7, 11) is 1.54. The van der Waals surface area contributed by atoms with Crippen molar-refractivity contribution >= 4 is 29.2 Å². The van der Waals surface area contributed by atoms with Crippen LogP contribution in [-0.4, -0.2) is 38.0 Å². The predicted molar refractivity (Wildman–Crippen MR) is 109 cm³/mol. The Morgan fingerprint density at radius 3 is 2.72 bits per heavy atom. The highest BCUT2D eigenvalue weighted by Gasteiger charge is 2.37. The number of aryl methyl sites for hydroxylation is 1. The molecule has 2 aromatic carbocycles. The zero-order chi connectivity index (χ0) is 20.8. The first-order valence-corrected chi connectivity index (χ1v) is 9.50. The number of methoxy groups -OCH3 is 1. The molecule has 0 saturated carbocycles. The van der Waals surface area contributed by atoms with Crippen LogP contribution in [0.5, 0.6) is 5.75 Å². The van der Waals surface area contributed by atoms with Crippen molar-refractivity contribution in [1.29, 1.82) is 0 Å². The van der Waals surface area contributed by atoms with Crippen molar-refractivity contribution in [3.8, 4) is 5.75 Å². The van der Waals surface area contributed by atoms with Gasteiger partial charge in [-0.2, -0.15) is 0 Å². The molecular weight excluding hydrogens is 372 g/mol. The summed E-state index contributed by atoms with van der Waals surface area (Å²) in [6.07, 6.45) is 0.869. The topological polar surface area (TPSA) is 84.9 Å².